The molecule has 0 saturated heterocycles. The Hall–Kier alpha value is -3.70. The molecule has 36 heavy (non-hydrogen) atoms. The monoisotopic (exact) mass is 482 g/mol. The van der Waals surface area contributed by atoms with E-state index < -0.39 is 6.04 Å². The number of fused-ring (bicyclic) bond motifs is 1. The van der Waals surface area contributed by atoms with Gasteiger partial charge in [0.15, 0.2) is 5.43 Å². The molecule has 0 aliphatic carbocycles. The van der Waals surface area contributed by atoms with Gasteiger partial charge in [-0.1, -0.05) is 74.0 Å². The third-order valence-corrected chi connectivity index (χ3v) is 6.55. The van der Waals surface area contributed by atoms with Crippen molar-refractivity contribution in [1.29, 1.82) is 0 Å². The summed E-state index contributed by atoms with van der Waals surface area (Å²) < 4.78 is 6.51. The Balaban J connectivity index is 1.91. The van der Waals surface area contributed by atoms with Crippen molar-refractivity contribution in [3.8, 4) is 0 Å². The maximum atomic E-state index is 13.9. The predicted octanol–water partition coefficient (Wildman–Crippen LogP) is 5.88. The van der Waals surface area contributed by atoms with Crippen molar-refractivity contribution in [2.24, 2.45) is 11.7 Å². The molecule has 1 amide bonds. The Kier molecular flexibility index (Phi) is 8.01. The van der Waals surface area contributed by atoms with Crippen LogP contribution in [-0.4, -0.2) is 23.9 Å². The first kappa shape index (κ1) is 25.4. The lowest BCUT2D eigenvalue weighted by atomic mass is 9.91. The highest BCUT2D eigenvalue weighted by molar-refractivity contribution is 5.94. The molecule has 4 aromatic rings. The van der Waals surface area contributed by atoms with E-state index in [2.05, 4.69) is 13.8 Å². The van der Waals surface area contributed by atoms with Gasteiger partial charge in [-0.2, -0.15) is 0 Å². The summed E-state index contributed by atoms with van der Waals surface area (Å²) in [6.07, 6.45) is 1.07. The zero-order chi connectivity index (χ0) is 25.7. The van der Waals surface area contributed by atoms with Crippen molar-refractivity contribution in [2.45, 2.75) is 39.7 Å². The van der Waals surface area contributed by atoms with Gasteiger partial charge in [0, 0.05) is 24.1 Å². The molecule has 0 aliphatic heterocycles. The molecule has 0 bridgehead atoms. The first-order chi connectivity index (χ1) is 17.4. The minimum atomic E-state index is -0.429. The van der Waals surface area contributed by atoms with E-state index in [0.717, 1.165) is 11.1 Å². The molecule has 0 fully saturated rings. The fourth-order valence-corrected chi connectivity index (χ4v) is 4.70. The van der Waals surface area contributed by atoms with E-state index in [9.17, 15) is 9.59 Å². The molecule has 1 aromatic heterocycles. The van der Waals surface area contributed by atoms with Crippen LogP contribution in [0.5, 0.6) is 0 Å². The molecule has 5 nitrogen and oxygen atoms in total. The Labute approximate surface area is 212 Å². The van der Waals surface area contributed by atoms with Crippen LogP contribution in [0.3, 0.4) is 0 Å². The van der Waals surface area contributed by atoms with Gasteiger partial charge in [0.05, 0.1) is 11.4 Å². The van der Waals surface area contributed by atoms with E-state index in [4.69, 9.17) is 10.2 Å². The summed E-state index contributed by atoms with van der Waals surface area (Å²) in [7, 11) is 0. The van der Waals surface area contributed by atoms with Gasteiger partial charge >= 0.3 is 0 Å². The third-order valence-electron chi connectivity index (χ3n) is 6.55. The predicted molar refractivity (Wildman–Crippen MR) is 145 cm³/mol. The van der Waals surface area contributed by atoms with E-state index >= 15 is 0 Å². The fraction of sp³-hybridized carbons (Fsp3) is 0.290. The zero-order valence-corrected chi connectivity index (χ0v) is 21.2. The molecule has 0 aliphatic rings. The van der Waals surface area contributed by atoms with Gasteiger partial charge in [0.2, 0.25) is 0 Å². The molecular weight excluding hydrogens is 448 g/mol. The zero-order valence-electron chi connectivity index (χ0n) is 21.2. The van der Waals surface area contributed by atoms with Crippen LogP contribution in [0.2, 0.25) is 0 Å². The number of amides is 1. The molecule has 0 spiro atoms. The lowest BCUT2D eigenvalue weighted by molar-refractivity contribution is 0.0587. The van der Waals surface area contributed by atoms with E-state index in [1.54, 1.807) is 6.07 Å². The number of aryl methyl sites for hydroxylation is 1. The summed E-state index contributed by atoms with van der Waals surface area (Å²) in [5, 5.41) is 0.549. The normalized spacial score (nSPS) is 12.1. The first-order valence-corrected chi connectivity index (χ1v) is 12.6. The first-order valence-electron chi connectivity index (χ1n) is 12.6. The molecule has 4 rings (SSSR count). The second-order valence-corrected chi connectivity index (χ2v) is 9.63. The highest BCUT2D eigenvalue weighted by Gasteiger charge is 2.33. The summed E-state index contributed by atoms with van der Waals surface area (Å²) in [5.41, 5.74) is 9.65. The molecule has 2 N–H and O–H groups in total. The summed E-state index contributed by atoms with van der Waals surface area (Å²) in [5.74, 6) is 0.453. The molecule has 1 heterocycles. The minimum Gasteiger partial charge on any atom is -0.458 e. The van der Waals surface area contributed by atoms with Gasteiger partial charge in [0.1, 0.15) is 11.3 Å². The van der Waals surface area contributed by atoms with Crippen molar-refractivity contribution in [3.63, 3.8) is 0 Å². The Morgan fingerprint density at radius 3 is 2.28 bits per heavy atom. The van der Waals surface area contributed by atoms with Crippen molar-refractivity contribution in [3.05, 3.63) is 117 Å². The van der Waals surface area contributed by atoms with Crippen LogP contribution in [0.25, 0.3) is 11.0 Å². The van der Waals surface area contributed by atoms with E-state index in [-0.39, 0.29) is 17.3 Å². The van der Waals surface area contributed by atoms with Crippen molar-refractivity contribution in [1.82, 2.24) is 4.90 Å². The molecule has 186 valence electrons. The topological polar surface area (TPSA) is 76.5 Å². The van der Waals surface area contributed by atoms with Crippen molar-refractivity contribution >= 4 is 16.9 Å². The van der Waals surface area contributed by atoms with Gasteiger partial charge in [-0.05, 0) is 55.6 Å². The van der Waals surface area contributed by atoms with Gasteiger partial charge in [0.25, 0.3) is 5.91 Å². The second kappa shape index (κ2) is 11.4. The quantitative estimate of drug-likeness (QED) is 0.323. The number of rotatable bonds is 9. The lowest BCUT2D eigenvalue weighted by Gasteiger charge is -2.35. The van der Waals surface area contributed by atoms with Gasteiger partial charge in [-0.15, -0.1) is 0 Å². The number of nitrogens with zero attached hydrogens (tertiary/aromatic N) is 1. The Morgan fingerprint density at radius 1 is 0.944 bits per heavy atom. The van der Waals surface area contributed by atoms with Gasteiger partial charge in [-0.3, -0.25) is 9.59 Å². The molecular formula is C31H34N2O3. The Bertz CT molecular complexity index is 1370. The molecule has 3 aromatic carbocycles. The van der Waals surface area contributed by atoms with Crippen LogP contribution in [0.4, 0.5) is 0 Å². The third kappa shape index (κ3) is 5.42. The van der Waals surface area contributed by atoms with E-state index in [1.807, 2.05) is 84.6 Å². The molecule has 0 unspecified atom stereocenters. The second-order valence-electron chi connectivity index (χ2n) is 9.63. The summed E-state index contributed by atoms with van der Waals surface area (Å²) in [6, 6.07) is 24.4. The number of para-hydroxylation sites is 1. The number of hydrogen-bond donors (Lipinski definition) is 1. The fourth-order valence-electron chi connectivity index (χ4n) is 4.70. The molecule has 5 heteroatoms. The summed E-state index contributed by atoms with van der Waals surface area (Å²) >= 11 is 0. The molecule has 0 saturated carbocycles. The van der Waals surface area contributed by atoms with Crippen LogP contribution in [0, 0.1) is 12.8 Å². The van der Waals surface area contributed by atoms with Gasteiger partial charge in [-0.25, -0.2) is 0 Å². The van der Waals surface area contributed by atoms with Gasteiger partial charge < -0.3 is 15.1 Å². The Morgan fingerprint density at radius 2 is 1.61 bits per heavy atom. The van der Waals surface area contributed by atoms with Crippen molar-refractivity contribution in [2.75, 3.05) is 13.1 Å². The standard InChI is InChI=1S/C31H34N2O3/c1-21(2)28(33(19-9-18-32)31(35)24-16-14-22(3)15-17-24)30-26(20-23-10-5-4-6-11-23)29(34)25-12-7-8-13-27(25)36-30/h4-8,10-17,21,28H,9,18-20,32H2,1-3H3/t28-/m1/s1. The van der Waals surface area contributed by atoms with Crippen LogP contribution >= 0.6 is 0 Å². The highest BCUT2D eigenvalue weighted by Crippen LogP contribution is 2.34. The van der Waals surface area contributed by atoms with Crippen LogP contribution < -0.4 is 11.2 Å². The largest absolute Gasteiger partial charge is 0.458 e. The van der Waals surface area contributed by atoms with Crippen LogP contribution in [-0.2, 0) is 6.42 Å². The molecule has 0 radical (unpaired) electrons. The number of benzene rings is 3. The number of nitrogens with two attached hydrogens (primary N) is 1. The van der Waals surface area contributed by atoms with Crippen LogP contribution in [0.15, 0.2) is 88.1 Å². The maximum absolute atomic E-state index is 13.9. The highest BCUT2D eigenvalue weighted by atomic mass is 16.3. The van der Waals surface area contributed by atoms with E-state index in [1.165, 1.54) is 0 Å². The summed E-state index contributed by atoms with van der Waals surface area (Å²) in [6.45, 7) is 7.04. The SMILES string of the molecule is Cc1ccc(C(=O)N(CCCN)[C@@H](c2oc3ccccc3c(=O)c2Cc2ccccc2)C(C)C)cc1. The number of carbonyl (C=O) groups is 1. The lowest BCUT2D eigenvalue weighted by Crippen LogP contribution is -2.40. The average Bonchev–Trinajstić information content (AvgIpc) is 2.89. The molecule has 1 atom stereocenters. The summed E-state index contributed by atoms with van der Waals surface area (Å²) in [4.78, 5) is 29.5. The number of carbonyl (C=O) groups excluding carboxylic acids is 1. The maximum Gasteiger partial charge on any atom is 0.254 e. The van der Waals surface area contributed by atoms with Crippen molar-refractivity contribution < 1.29 is 9.21 Å². The minimum absolute atomic E-state index is 0.00370. The smallest absolute Gasteiger partial charge is 0.254 e. The number of hydrogen-bond acceptors (Lipinski definition) is 4. The average molecular weight is 483 g/mol. The van der Waals surface area contributed by atoms with E-state index in [0.29, 0.717) is 53.8 Å². The van der Waals surface area contributed by atoms with Crippen LogP contribution in [0.1, 0.15) is 59.1 Å².